The van der Waals surface area contributed by atoms with E-state index < -0.39 is 0 Å². The Morgan fingerprint density at radius 3 is 3.00 bits per heavy atom. The smallest absolute Gasteiger partial charge is 0.242 e. The van der Waals surface area contributed by atoms with E-state index in [1.165, 1.54) is 0 Å². The van der Waals surface area contributed by atoms with E-state index in [0.29, 0.717) is 4.99 Å². The number of rotatable bonds is 3. The fourth-order valence-corrected chi connectivity index (χ4v) is 2.92. The van der Waals surface area contributed by atoms with Crippen molar-refractivity contribution in [2.45, 2.75) is 18.9 Å². The lowest BCUT2D eigenvalue weighted by molar-refractivity contribution is -0.123. The number of hydrogen-bond donors (Lipinski definition) is 3. The molecule has 1 fully saturated rings. The quantitative estimate of drug-likeness (QED) is 0.740. The molecule has 1 heterocycles. The van der Waals surface area contributed by atoms with Crippen LogP contribution in [0.15, 0.2) is 22.7 Å². The molecule has 0 aromatic heterocycles. The fourth-order valence-electron chi connectivity index (χ4n) is 1.99. The van der Waals surface area contributed by atoms with E-state index in [2.05, 4.69) is 26.6 Å². The van der Waals surface area contributed by atoms with Crippen LogP contribution in [0, 0.1) is 0 Å². The van der Waals surface area contributed by atoms with E-state index in [9.17, 15) is 4.79 Å². The maximum Gasteiger partial charge on any atom is 0.242 e. The molecule has 0 saturated carbocycles. The van der Waals surface area contributed by atoms with Gasteiger partial charge in [-0.05, 0) is 40.9 Å². The number of anilines is 1. The summed E-state index contributed by atoms with van der Waals surface area (Å²) in [7, 11) is 0. The molecular formula is C12H14BrN3OS. The molecule has 1 amide bonds. The molecule has 18 heavy (non-hydrogen) atoms. The normalized spacial score (nSPS) is 19.2. The van der Waals surface area contributed by atoms with Gasteiger partial charge in [0.25, 0.3) is 0 Å². The number of halogens is 1. The number of hydrogen-bond acceptors (Lipinski definition) is 3. The highest BCUT2D eigenvalue weighted by Crippen LogP contribution is 2.26. The van der Waals surface area contributed by atoms with Gasteiger partial charge in [-0.15, -0.1) is 0 Å². The van der Waals surface area contributed by atoms with Gasteiger partial charge in [0.1, 0.15) is 11.0 Å². The SMILES string of the molecule is NC(=S)c1c(Br)cccc1NC1CCCNC1=O. The first-order valence-electron chi connectivity index (χ1n) is 5.72. The van der Waals surface area contributed by atoms with Crippen LogP contribution < -0.4 is 16.4 Å². The molecule has 1 saturated heterocycles. The number of amides is 1. The summed E-state index contributed by atoms with van der Waals surface area (Å²) in [5.41, 5.74) is 7.25. The minimum atomic E-state index is -0.221. The molecule has 96 valence electrons. The first-order chi connectivity index (χ1) is 8.59. The number of carbonyl (C=O) groups excluding carboxylic acids is 1. The molecule has 4 nitrogen and oxygen atoms in total. The molecule has 1 aliphatic heterocycles. The van der Waals surface area contributed by atoms with Crippen molar-refractivity contribution in [1.29, 1.82) is 0 Å². The molecule has 0 aliphatic carbocycles. The summed E-state index contributed by atoms with van der Waals surface area (Å²) in [4.78, 5) is 12.0. The largest absolute Gasteiger partial charge is 0.389 e. The molecule has 0 radical (unpaired) electrons. The van der Waals surface area contributed by atoms with Crippen LogP contribution in [0.3, 0.4) is 0 Å². The Hall–Kier alpha value is -1.14. The summed E-state index contributed by atoms with van der Waals surface area (Å²) >= 11 is 8.46. The molecule has 6 heteroatoms. The van der Waals surface area contributed by atoms with Crippen LogP contribution in [0.25, 0.3) is 0 Å². The predicted octanol–water partition coefficient (Wildman–Crippen LogP) is 1.77. The fraction of sp³-hybridized carbons (Fsp3) is 0.333. The lowest BCUT2D eigenvalue weighted by atomic mass is 10.1. The van der Waals surface area contributed by atoms with Crippen LogP contribution in [0.1, 0.15) is 18.4 Å². The highest BCUT2D eigenvalue weighted by atomic mass is 79.9. The van der Waals surface area contributed by atoms with Gasteiger partial charge in [-0.2, -0.15) is 0 Å². The van der Waals surface area contributed by atoms with E-state index >= 15 is 0 Å². The van der Waals surface area contributed by atoms with Crippen LogP contribution in [0.5, 0.6) is 0 Å². The van der Waals surface area contributed by atoms with Crippen LogP contribution >= 0.6 is 28.1 Å². The minimum absolute atomic E-state index is 0.0233. The molecule has 1 aromatic rings. The second kappa shape index (κ2) is 5.67. The zero-order valence-corrected chi connectivity index (χ0v) is 12.1. The zero-order valence-electron chi connectivity index (χ0n) is 9.70. The highest BCUT2D eigenvalue weighted by Gasteiger charge is 2.23. The van der Waals surface area contributed by atoms with Crippen molar-refractivity contribution in [1.82, 2.24) is 5.32 Å². The molecule has 1 aromatic carbocycles. The Morgan fingerprint density at radius 1 is 1.56 bits per heavy atom. The predicted molar refractivity (Wildman–Crippen MR) is 79.7 cm³/mol. The summed E-state index contributed by atoms with van der Waals surface area (Å²) in [5.74, 6) is 0.0233. The van der Waals surface area contributed by atoms with Crippen molar-refractivity contribution < 1.29 is 4.79 Å². The van der Waals surface area contributed by atoms with Crippen LogP contribution in [0.4, 0.5) is 5.69 Å². The lowest BCUT2D eigenvalue weighted by Gasteiger charge is -2.25. The summed E-state index contributed by atoms with van der Waals surface area (Å²) in [5, 5.41) is 6.05. The Kier molecular flexibility index (Phi) is 4.19. The number of piperidine rings is 1. The molecule has 1 unspecified atom stereocenters. The van der Waals surface area contributed by atoms with Crippen molar-refractivity contribution in [3.8, 4) is 0 Å². The van der Waals surface area contributed by atoms with E-state index in [1.54, 1.807) is 0 Å². The standard InChI is InChI=1S/C12H14BrN3OS/c13-7-3-1-4-8(10(7)11(14)18)16-9-5-2-6-15-12(9)17/h1,3-4,9,16H,2,5-6H2,(H2,14,18)(H,15,17). The minimum Gasteiger partial charge on any atom is -0.389 e. The second-order valence-electron chi connectivity index (χ2n) is 4.16. The van der Waals surface area contributed by atoms with Crippen molar-refractivity contribution in [2.75, 3.05) is 11.9 Å². The molecule has 0 spiro atoms. The van der Waals surface area contributed by atoms with E-state index in [1.807, 2.05) is 18.2 Å². The molecule has 0 bridgehead atoms. The number of nitrogens with two attached hydrogens (primary N) is 1. The van der Waals surface area contributed by atoms with Crippen molar-refractivity contribution in [2.24, 2.45) is 5.73 Å². The Morgan fingerprint density at radius 2 is 2.33 bits per heavy atom. The van der Waals surface area contributed by atoms with E-state index in [-0.39, 0.29) is 11.9 Å². The van der Waals surface area contributed by atoms with Gasteiger partial charge >= 0.3 is 0 Å². The first kappa shape index (κ1) is 13.3. The third kappa shape index (κ3) is 2.81. The average molecular weight is 328 g/mol. The molecule has 1 aliphatic rings. The maximum absolute atomic E-state index is 11.7. The van der Waals surface area contributed by atoms with Crippen LogP contribution in [0.2, 0.25) is 0 Å². The third-order valence-electron chi connectivity index (χ3n) is 2.88. The topological polar surface area (TPSA) is 67.2 Å². The Balaban J connectivity index is 2.25. The number of nitrogens with one attached hydrogen (secondary N) is 2. The van der Waals surface area contributed by atoms with Crippen LogP contribution in [-0.4, -0.2) is 23.5 Å². The molecule has 4 N–H and O–H groups in total. The Labute approximate surface area is 119 Å². The van der Waals surface area contributed by atoms with Gasteiger partial charge < -0.3 is 16.4 Å². The zero-order chi connectivity index (χ0) is 13.1. The van der Waals surface area contributed by atoms with Gasteiger partial charge in [0, 0.05) is 22.3 Å². The van der Waals surface area contributed by atoms with Crippen LogP contribution in [-0.2, 0) is 4.79 Å². The van der Waals surface area contributed by atoms with Gasteiger partial charge in [0.2, 0.25) is 5.91 Å². The maximum atomic E-state index is 11.7. The summed E-state index contributed by atoms with van der Waals surface area (Å²) in [6, 6.07) is 5.41. The molecular weight excluding hydrogens is 314 g/mol. The molecule has 2 rings (SSSR count). The van der Waals surface area contributed by atoms with Gasteiger partial charge in [0.05, 0.1) is 0 Å². The second-order valence-corrected chi connectivity index (χ2v) is 5.45. The third-order valence-corrected chi connectivity index (χ3v) is 3.74. The van der Waals surface area contributed by atoms with Crippen molar-refractivity contribution >= 4 is 44.7 Å². The Bertz CT molecular complexity index is 492. The van der Waals surface area contributed by atoms with Gasteiger partial charge in [-0.1, -0.05) is 18.3 Å². The number of thiocarbonyl (C=S) groups is 1. The number of benzene rings is 1. The lowest BCUT2D eigenvalue weighted by Crippen LogP contribution is -2.44. The monoisotopic (exact) mass is 327 g/mol. The van der Waals surface area contributed by atoms with Gasteiger partial charge in [-0.25, -0.2) is 0 Å². The summed E-state index contributed by atoms with van der Waals surface area (Å²) < 4.78 is 0.830. The highest BCUT2D eigenvalue weighted by molar-refractivity contribution is 9.10. The van der Waals surface area contributed by atoms with Gasteiger partial charge in [-0.3, -0.25) is 4.79 Å². The van der Waals surface area contributed by atoms with Gasteiger partial charge in [0.15, 0.2) is 0 Å². The van der Waals surface area contributed by atoms with Crippen molar-refractivity contribution in [3.63, 3.8) is 0 Å². The van der Waals surface area contributed by atoms with E-state index in [0.717, 1.165) is 35.1 Å². The average Bonchev–Trinajstić information content (AvgIpc) is 2.31. The molecule has 1 atom stereocenters. The summed E-state index contributed by atoms with van der Waals surface area (Å²) in [6.45, 7) is 0.748. The summed E-state index contributed by atoms with van der Waals surface area (Å²) in [6.07, 6.45) is 1.79. The first-order valence-corrected chi connectivity index (χ1v) is 6.92. The van der Waals surface area contributed by atoms with E-state index in [4.69, 9.17) is 18.0 Å². The van der Waals surface area contributed by atoms with Crippen molar-refractivity contribution in [3.05, 3.63) is 28.2 Å². The number of carbonyl (C=O) groups is 1.